The van der Waals surface area contributed by atoms with Crippen molar-refractivity contribution in [1.29, 1.82) is 0 Å². The highest BCUT2D eigenvalue weighted by Crippen LogP contribution is 2.24. The predicted molar refractivity (Wildman–Crippen MR) is 93.6 cm³/mol. The van der Waals surface area contributed by atoms with E-state index in [4.69, 9.17) is 4.74 Å². The zero-order valence-electron chi connectivity index (χ0n) is 14.4. The number of hydrogen-bond donors (Lipinski definition) is 0. The van der Waals surface area contributed by atoms with Crippen LogP contribution in [0.25, 0.3) is 11.0 Å². The molecule has 3 heterocycles. The predicted octanol–water partition coefficient (Wildman–Crippen LogP) is 2.99. The van der Waals surface area contributed by atoms with Crippen molar-refractivity contribution in [3.05, 3.63) is 59.2 Å². The lowest BCUT2D eigenvalue weighted by Gasteiger charge is -2.33. The Balaban J connectivity index is 1.50. The summed E-state index contributed by atoms with van der Waals surface area (Å²) in [6.07, 6.45) is 1.90. The summed E-state index contributed by atoms with van der Waals surface area (Å²) >= 11 is 0. The van der Waals surface area contributed by atoms with E-state index in [0.717, 1.165) is 41.9 Å². The Morgan fingerprint density at radius 2 is 2.08 bits per heavy atom. The van der Waals surface area contributed by atoms with Crippen LogP contribution in [0.1, 0.15) is 22.9 Å². The van der Waals surface area contributed by atoms with Gasteiger partial charge in [-0.25, -0.2) is 9.37 Å². The topological polar surface area (TPSA) is 43.2 Å². The van der Waals surface area contributed by atoms with E-state index >= 15 is 0 Å². The summed E-state index contributed by atoms with van der Waals surface area (Å²) < 4.78 is 20.8. The summed E-state index contributed by atoms with van der Waals surface area (Å²) in [5, 5.41) is 5.53. The van der Waals surface area contributed by atoms with Crippen molar-refractivity contribution in [3.63, 3.8) is 0 Å². The van der Waals surface area contributed by atoms with Gasteiger partial charge < -0.3 is 4.74 Å². The second-order valence-electron chi connectivity index (χ2n) is 6.57. The molecule has 4 rings (SSSR count). The number of halogens is 1. The number of benzene rings is 1. The van der Waals surface area contributed by atoms with Crippen molar-refractivity contribution in [2.24, 2.45) is 7.05 Å². The largest absolute Gasteiger partial charge is 0.371 e. The number of nitrogens with zero attached hydrogens (tertiary/aromatic N) is 4. The molecule has 0 radical (unpaired) electrons. The highest BCUT2D eigenvalue weighted by atomic mass is 19.1. The van der Waals surface area contributed by atoms with Crippen molar-refractivity contribution in [2.45, 2.75) is 19.6 Å². The van der Waals surface area contributed by atoms with Gasteiger partial charge in [0.15, 0.2) is 5.65 Å². The van der Waals surface area contributed by atoms with E-state index in [9.17, 15) is 4.39 Å². The summed E-state index contributed by atoms with van der Waals surface area (Å²) in [6, 6.07) is 8.75. The summed E-state index contributed by atoms with van der Waals surface area (Å²) in [5.41, 5.74) is 4.09. The molecular formula is C19H21FN4O. The lowest BCUT2D eigenvalue weighted by Crippen LogP contribution is -2.37. The molecule has 0 amide bonds. The average Bonchev–Trinajstić information content (AvgIpc) is 2.90. The van der Waals surface area contributed by atoms with Gasteiger partial charge in [-0.2, -0.15) is 5.10 Å². The number of rotatable bonds is 3. The van der Waals surface area contributed by atoms with Crippen LogP contribution in [0.15, 0.2) is 36.5 Å². The molecule has 0 spiro atoms. The summed E-state index contributed by atoms with van der Waals surface area (Å²) in [5.74, 6) is -0.220. The molecule has 2 aromatic heterocycles. The molecule has 0 N–H and O–H groups in total. The standard InChI is InChI=1S/C19H21FN4O/c1-13-17-9-14(10-21-19(17)23(2)22-13)11-24-7-8-25-18(12-24)15-3-5-16(20)6-4-15/h3-6,9-10,18H,7-8,11-12H2,1-2H3. The van der Waals surface area contributed by atoms with Crippen LogP contribution in [0.5, 0.6) is 0 Å². The van der Waals surface area contributed by atoms with Crippen LogP contribution < -0.4 is 0 Å². The number of pyridine rings is 1. The maximum atomic E-state index is 13.1. The monoisotopic (exact) mass is 340 g/mol. The summed E-state index contributed by atoms with van der Waals surface area (Å²) in [7, 11) is 1.91. The molecule has 0 aliphatic carbocycles. The highest BCUT2D eigenvalue weighted by molar-refractivity contribution is 5.78. The van der Waals surface area contributed by atoms with Crippen molar-refractivity contribution >= 4 is 11.0 Å². The smallest absolute Gasteiger partial charge is 0.157 e. The molecule has 1 aromatic carbocycles. The molecule has 1 unspecified atom stereocenters. The SMILES string of the molecule is Cc1nn(C)c2ncc(CN3CCOC(c4ccc(F)cc4)C3)cc12. The van der Waals surface area contributed by atoms with Crippen molar-refractivity contribution in [2.75, 3.05) is 19.7 Å². The van der Waals surface area contributed by atoms with Gasteiger partial charge in [-0.1, -0.05) is 12.1 Å². The van der Waals surface area contributed by atoms with Crippen LogP contribution in [0.2, 0.25) is 0 Å². The second-order valence-corrected chi connectivity index (χ2v) is 6.57. The Kier molecular flexibility index (Phi) is 4.23. The maximum absolute atomic E-state index is 13.1. The molecule has 1 atom stereocenters. The van der Waals surface area contributed by atoms with Gasteiger partial charge in [-0.15, -0.1) is 0 Å². The molecule has 1 aliphatic heterocycles. The fourth-order valence-electron chi connectivity index (χ4n) is 3.42. The molecule has 0 saturated carbocycles. The molecule has 130 valence electrons. The summed E-state index contributed by atoms with van der Waals surface area (Å²) in [6.45, 7) is 5.16. The highest BCUT2D eigenvalue weighted by Gasteiger charge is 2.22. The van der Waals surface area contributed by atoms with Crippen LogP contribution in [-0.2, 0) is 18.3 Å². The fraction of sp³-hybridized carbons (Fsp3) is 0.368. The van der Waals surface area contributed by atoms with Gasteiger partial charge in [0.2, 0.25) is 0 Å². The first-order valence-corrected chi connectivity index (χ1v) is 8.48. The number of hydrogen-bond acceptors (Lipinski definition) is 4. The van der Waals surface area contributed by atoms with Crippen LogP contribution in [-0.4, -0.2) is 39.4 Å². The Morgan fingerprint density at radius 3 is 2.88 bits per heavy atom. The Bertz CT molecular complexity index is 890. The molecule has 3 aromatic rings. The van der Waals surface area contributed by atoms with Gasteiger partial charge in [0.05, 0.1) is 18.4 Å². The van der Waals surface area contributed by atoms with E-state index in [-0.39, 0.29) is 11.9 Å². The lowest BCUT2D eigenvalue weighted by atomic mass is 10.1. The van der Waals surface area contributed by atoms with Gasteiger partial charge in [0.1, 0.15) is 5.82 Å². The van der Waals surface area contributed by atoms with Gasteiger partial charge in [0.25, 0.3) is 0 Å². The molecule has 1 saturated heterocycles. The first-order chi connectivity index (χ1) is 12.1. The van der Waals surface area contributed by atoms with E-state index in [2.05, 4.69) is 21.0 Å². The minimum absolute atomic E-state index is 0.0221. The van der Waals surface area contributed by atoms with Crippen LogP contribution >= 0.6 is 0 Å². The minimum Gasteiger partial charge on any atom is -0.371 e. The number of ether oxygens (including phenoxy) is 1. The lowest BCUT2D eigenvalue weighted by molar-refractivity contribution is -0.0329. The van der Waals surface area contributed by atoms with Gasteiger partial charge in [-0.3, -0.25) is 9.58 Å². The molecule has 5 nitrogen and oxygen atoms in total. The fourth-order valence-corrected chi connectivity index (χ4v) is 3.42. The third-order valence-corrected chi connectivity index (χ3v) is 4.72. The first kappa shape index (κ1) is 16.2. The number of aryl methyl sites for hydroxylation is 2. The average molecular weight is 340 g/mol. The number of fused-ring (bicyclic) bond motifs is 1. The molecule has 1 fully saturated rings. The zero-order valence-corrected chi connectivity index (χ0v) is 14.4. The van der Waals surface area contributed by atoms with E-state index in [1.165, 1.54) is 17.7 Å². The van der Waals surface area contributed by atoms with E-state index in [1.54, 1.807) is 12.1 Å². The molecule has 6 heteroatoms. The van der Waals surface area contributed by atoms with Gasteiger partial charge in [0, 0.05) is 38.3 Å². The van der Waals surface area contributed by atoms with Gasteiger partial charge in [-0.05, 0) is 36.2 Å². The second kappa shape index (κ2) is 6.54. The van der Waals surface area contributed by atoms with Crippen molar-refractivity contribution < 1.29 is 9.13 Å². The zero-order chi connectivity index (χ0) is 17.4. The Hall–Kier alpha value is -2.31. The maximum Gasteiger partial charge on any atom is 0.157 e. The Labute approximate surface area is 146 Å². The molecular weight excluding hydrogens is 319 g/mol. The van der Waals surface area contributed by atoms with E-state index in [0.29, 0.717) is 6.61 Å². The number of aromatic nitrogens is 3. The number of morpholine rings is 1. The van der Waals surface area contributed by atoms with E-state index < -0.39 is 0 Å². The molecule has 25 heavy (non-hydrogen) atoms. The first-order valence-electron chi connectivity index (χ1n) is 8.48. The summed E-state index contributed by atoms with van der Waals surface area (Å²) in [4.78, 5) is 6.91. The van der Waals surface area contributed by atoms with E-state index in [1.807, 2.05) is 24.9 Å². The van der Waals surface area contributed by atoms with Gasteiger partial charge >= 0.3 is 0 Å². The van der Waals surface area contributed by atoms with Crippen LogP contribution in [0.3, 0.4) is 0 Å². The van der Waals surface area contributed by atoms with Crippen molar-refractivity contribution in [3.8, 4) is 0 Å². The third kappa shape index (κ3) is 3.27. The van der Waals surface area contributed by atoms with Crippen molar-refractivity contribution in [1.82, 2.24) is 19.7 Å². The quantitative estimate of drug-likeness (QED) is 0.735. The van der Waals surface area contributed by atoms with Crippen LogP contribution in [0, 0.1) is 12.7 Å². The third-order valence-electron chi connectivity index (χ3n) is 4.72. The Morgan fingerprint density at radius 1 is 1.28 bits per heavy atom. The minimum atomic E-state index is -0.220. The molecule has 0 bridgehead atoms. The normalized spacial score (nSPS) is 18.8. The molecule has 1 aliphatic rings. The van der Waals surface area contributed by atoms with Crippen LogP contribution in [0.4, 0.5) is 4.39 Å².